The SMILES string of the molecule is O=C(CSc1nnc(-c2cccc([N+](=O)[O-])c2)n1-c1ccccc1)N/N=C/c1cccs1. The lowest BCUT2D eigenvalue weighted by molar-refractivity contribution is -0.384. The Hall–Kier alpha value is -3.83. The summed E-state index contributed by atoms with van der Waals surface area (Å²) in [6.07, 6.45) is 1.58. The standard InChI is InChI=1S/C21H16N6O3S2/c28-19(23-22-13-18-10-5-11-31-18)14-32-21-25-24-20(26(21)16-7-2-1-3-8-16)15-6-4-9-17(12-15)27(29)30/h1-13H,14H2,(H,23,28)/b22-13+. The molecule has 0 fully saturated rings. The molecule has 4 aromatic rings. The number of nitrogens with zero attached hydrogens (tertiary/aromatic N) is 5. The summed E-state index contributed by atoms with van der Waals surface area (Å²) in [6.45, 7) is 0. The van der Waals surface area contributed by atoms with Gasteiger partial charge in [0.1, 0.15) is 0 Å². The molecule has 4 rings (SSSR count). The van der Waals surface area contributed by atoms with Crippen LogP contribution < -0.4 is 5.43 Å². The van der Waals surface area contributed by atoms with Gasteiger partial charge in [-0.2, -0.15) is 5.10 Å². The molecule has 160 valence electrons. The molecular formula is C21H16N6O3S2. The molecule has 0 atom stereocenters. The third-order valence-electron chi connectivity index (χ3n) is 4.22. The first-order chi connectivity index (χ1) is 15.6. The minimum absolute atomic E-state index is 0.0395. The Kier molecular flexibility index (Phi) is 6.68. The van der Waals surface area contributed by atoms with Gasteiger partial charge in [-0.05, 0) is 23.6 Å². The van der Waals surface area contributed by atoms with Crippen LogP contribution in [0.1, 0.15) is 4.88 Å². The number of carbonyl (C=O) groups is 1. The van der Waals surface area contributed by atoms with Gasteiger partial charge in [-0.3, -0.25) is 19.5 Å². The fourth-order valence-electron chi connectivity index (χ4n) is 2.81. The smallest absolute Gasteiger partial charge is 0.270 e. The molecule has 32 heavy (non-hydrogen) atoms. The first-order valence-corrected chi connectivity index (χ1v) is 11.2. The van der Waals surface area contributed by atoms with Crippen molar-refractivity contribution < 1.29 is 9.72 Å². The van der Waals surface area contributed by atoms with Crippen LogP contribution in [-0.2, 0) is 4.79 Å². The maximum atomic E-state index is 12.2. The van der Waals surface area contributed by atoms with Crippen LogP contribution in [0.5, 0.6) is 0 Å². The zero-order chi connectivity index (χ0) is 22.3. The van der Waals surface area contributed by atoms with Crippen molar-refractivity contribution in [2.75, 3.05) is 5.75 Å². The van der Waals surface area contributed by atoms with Crippen LogP contribution in [-0.4, -0.2) is 37.6 Å². The van der Waals surface area contributed by atoms with Gasteiger partial charge in [-0.25, -0.2) is 5.43 Å². The third-order valence-corrected chi connectivity index (χ3v) is 5.96. The molecular weight excluding hydrogens is 448 g/mol. The van der Waals surface area contributed by atoms with Crippen molar-refractivity contribution in [1.82, 2.24) is 20.2 Å². The zero-order valence-electron chi connectivity index (χ0n) is 16.5. The monoisotopic (exact) mass is 464 g/mol. The van der Waals surface area contributed by atoms with Crippen LogP contribution >= 0.6 is 23.1 Å². The van der Waals surface area contributed by atoms with E-state index in [1.165, 1.54) is 35.2 Å². The molecule has 0 saturated carbocycles. The Morgan fingerprint density at radius 3 is 2.75 bits per heavy atom. The van der Waals surface area contributed by atoms with E-state index in [9.17, 15) is 14.9 Å². The summed E-state index contributed by atoms with van der Waals surface area (Å²) in [7, 11) is 0. The Labute approximate surface area is 191 Å². The highest BCUT2D eigenvalue weighted by molar-refractivity contribution is 7.99. The average Bonchev–Trinajstić information content (AvgIpc) is 3.48. The number of amides is 1. The van der Waals surface area contributed by atoms with E-state index in [2.05, 4.69) is 20.7 Å². The molecule has 0 aliphatic carbocycles. The maximum Gasteiger partial charge on any atom is 0.270 e. The summed E-state index contributed by atoms with van der Waals surface area (Å²) in [5, 5.41) is 26.0. The van der Waals surface area contributed by atoms with E-state index in [-0.39, 0.29) is 17.3 Å². The van der Waals surface area contributed by atoms with Gasteiger partial charge < -0.3 is 0 Å². The fourth-order valence-corrected chi connectivity index (χ4v) is 4.14. The van der Waals surface area contributed by atoms with Crippen LogP contribution in [0.25, 0.3) is 17.1 Å². The molecule has 0 aliphatic heterocycles. The minimum atomic E-state index is -0.455. The van der Waals surface area contributed by atoms with Crippen molar-refractivity contribution in [2.24, 2.45) is 5.10 Å². The zero-order valence-corrected chi connectivity index (χ0v) is 18.1. The summed E-state index contributed by atoms with van der Waals surface area (Å²) in [6, 6.07) is 19.4. The van der Waals surface area contributed by atoms with Gasteiger partial charge in [0.15, 0.2) is 11.0 Å². The van der Waals surface area contributed by atoms with Crippen molar-refractivity contribution in [3.05, 3.63) is 87.1 Å². The lowest BCUT2D eigenvalue weighted by Crippen LogP contribution is -2.19. The Balaban J connectivity index is 1.57. The molecule has 0 unspecified atom stereocenters. The van der Waals surface area contributed by atoms with Crippen LogP contribution in [0.15, 0.2) is 82.4 Å². The molecule has 1 amide bonds. The lowest BCUT2D eigenvalue weighted by atomic mass is 10.2. The molecule has 2 aromatic carbocycles. The first kappa shape index (κ1) is 21.4. The molecule has 11 heteroatoms. The number of aromatic nitrogens is 3. The molecule has 2 heterocycles. The number of para-hydroxylation sites is 1. The van der Waals surface area contributed by atoms with E-state index in [1.54, 1.807) is 22.9 Å². The number of benzene rings is 2. The Morgan fingerprint density at radius 2 is 2.00 bits per heavy atom. The second kappa shape index (κ2) is 9.98. The number of carbonyl (C=O) groups excluding carboxylic acids is 1. The Morgan fingerprint density at radius 1 is 1.16 bits per heavy atom. The van der Waals surface area contributed by atoms with Crippen LogP contribution in [0.4, 0.5) is 5.69 Å². The van der Waals surface area contributed by atoms with E-state index in [0.717, 1.165) is 10.6 Å². The number of nitrogens with one attached hydrogen (secondary N) is 1. The molecule has 9 nitrogen and oxygen atoms in total. The van der Waals surface area contributed by atoms with E-state index in [0.29, 0.717) is 16.5 Å². The number of thioether (sulfide) groups is 1. The van der Waals surface area contributed by atoms with Gasteiger partial charge >= 0.3 is 0 Å². The molecule has 0 radical (unpaired) electrons. The van der Waals surface area contributed by atoms with Gasteiger partial charge in [-0.1, -0.05) is 48.2 Å². The second-order valence-corrected chi connectivity index (χ2v) is 8.30. The van der Waals surface area contributed by atoms with Gasteiger partial charge in [0.05, 0.1) is 16.9 Å². The van der Waals surface area contributed by atoms with E-state index < -0.39 is 4.92 Å². The number of non-ortho nitro benzene ring substituents is 1. The lowest BCUT2D eigenvalue weighted by Gasteiger charge is -2.10. The van der Waals surface area contributed by atoms with Crippen molar-refractivity contribution >= 4 is 40.9 Å². The highest BCUT2D eigenvalue weighted by Gasteiger charge is 2.19. The van der Waals surface area contributed by atoms with E-state index >= 15 is 0 Å². The first-order valence-electron chi connectivity index (χ1n) is 9.35. The highest BCUT2D eigenvalue weighted by atomic mass is 32.2. The summed E-state index contributed by atoms with van der Waals surface area (Å²) in [5.74, 6) is 0.225. The number of hydrogen-bond donors (Lipinski definition) is 1. The quantitative estimate of drug-likeness (QED) is 0.181. The predicted molar refractivity (Wildman–Crippen MR) is 124 cm³/mol. The van der Waals surface area contributed by atoms with Gasteiger partial charge in [-0.15, -0.1) is 21.5 Å². The minimum Gasteiger partial charge on any atom is -0.272 e. The summed E-state index contributed by atoms with van der Waals surface area (Å²) in [4.78, 5) is 23.9. The molecule has 0 aliphatic rings. The molecule has 0 bridgehead atoms. The molecule has 2 aromatic heterocycles. The predicted octanol–water partition coefficient (Wildman–Crippen LogP) is 4.15. The average molecular weight is 465 g/mol. The Bertz CT molecular complexity index is 1260. The van der Waals surface area contributed by atoms with Gasteiger partial charge in [0.2, 0.25) is 0 Å². The topological polar surface area (TPSA) is 115 Å². The summed E-state index contributed by atoms with van der Waals surface area (Å²) >= 11 is 2.71. The number of rotatable bonds is 8. The van der Waals surface area contributed by atoms with Crippen molar-refractivity contribution in [1.29, 1.82) is 0 Å². The summed E-state index contributed by atoms with van der Waals surface area (Å²) < 4.78 is 1.77. The van der Waals surface area contributed by atoms with E-state index in [4.69, 9.17) is 0 Å². The van der Waals surface area contributed by atoms with Gasteiger partial charge in [0.25, 0.3) is 11.6 Å². The fraction of sp³-hybridized carbons (Fsp3) is 0.0476. The van der Waals surface area contributed by atoms with Crippen LogP contribution in [0.2, 0.25) is 0 Å². The van der Waals surface area contributed by atoms with Gasteiger partial charge in [0, 0.05) is 28.3 Å². The number of nitro groups is 1. The van der Waals surface area contributed by atoms with Crippen molar-refractivity contribution in [2.45, 2.75) is 5.16 Å². The summed E-state index contributed by atoms with van der Waals surface area (Å²) in [5.41, 5.74) is 3.78. The molecule has 0 spiro atoms. The van der Waals surface area contributed by atoms with E-state index in [1.807, 2.05) is 47.8 Å². The maximum absolute atomic E-state index is 12.2. The number of nitro benzene ring substituents is 1. The number of thiophene rings is 1. The largest absolute Gasteiger partial charge is 0.272 e. The normalized spacial score (nSPS) is 11.0. The van der Waals surface area contributed by atoms with Crippen molar-refractivity contribution in [3.8, 4) is 17.1 Å². The number of hydrogen-bond acceptors (Lipinski definition) is 8. The van der Waals surface area contributed by atoms with Crippen LogP contribution in [0, 0.1) is 10.1 Å². The highest BCUT2D eigenvalue weighted by Crippen LogP contribution is 2.29. The molecule has 1 N–H and O–H groups in total. The third kappa shape index (κ3) is 5.07. The molecule has 0 saturated heterocycles. The second-order valence-electron chi connectivity index (χ2n) is 6.38. The van der Waals surface area contributed by atoms with Crippen molar-refractivity contribution in [3.63, 3.8) is 0 Å². The number of hydrazone groups is 1. The van der Waals surface area contributed by atoms with Crippen LogP contribution in [0.3, 0.4) is 0 Å².